The summed E-state index contributed by atoms with van der Waals surface area (Å²) >= 11 is 0. The van der Waals surface area contributed by atoms with E-state index in [0.717, 1.165) is 22.9 Å². The summed E-state index contributed by atoms with van der Waals surface area (Å²) in [6.07, 6.45) is 1.17. The molecule has 0 fully saturated rings. The minimum atomic E-state index is -1.32. The van der Waals surface area contributed by atoms with Gasteiger partial charge in [0.15, 0.2) is 23.1 Å². The molecule has 2 amide bonds. The molecule has 2 aliphatic heterocycles. The normalized spacial score (nSPS) is 18.2. The lowest BCUT2D eigenvalue weighted by Crippen LogP contribution is -2.53. The van der Waals surface area contributed by atoms with E-state index < -0.39 is 81.0 Å². The Morgan fingerprint density at radius 3 is 2.35 bits per heavy atom. The van der Waals surface area contributed by atoms with Crippen LogP contribution in [-0.2, 0) is 18.5 Å². The molecule has 0 unspecified atom stereocenters. The number of nitrogens with one attached hydrogen (secondary N) is 1. The van der Waals surface area contributed by atoms with Crippen LogP contribution in [0.15, 0.2) is 35.3 Å². The molecule has 7 nitrogen and oxygen atoms in total. The van der Waals surface area contributed by atoms with Crippen molar-refractivity contribution in [1.82, 2.24) is 14.8 Å². The van der Waals surface area contributed by atoms with Gasteiger partial charge in [0.25, 0.3) is 11.8 Å². The zero-order valence-electron chi connectivity index (χ0n) is 19.2. The molecule has 192 valence electrons. The second-order valence-electron chi connectivity index (χ2n) is 9.14. The fourth-order valence-corrected chi connectivity index (χ4v) is 4.98. The fourth-order valence-electron chi connectivity index (χ4n) is 4.98. The van der Waals surface area contributed by atoms with Crippen molar-refractivity contribution in [3.63, 3.8) is 0 Å². The number of hydrogen-bond acceptors (Lipinski definition) is 4. The number of aromatic nitrogens is 1. The molecule has 0 spiro atoms. The third kappa shape index (κ3) is 3.74. The van der Waals surface area contributed by atoms with Crippen molar-refractivity contribution >= 4 is 11.8 Å². The quantitative estimate of drug-likeness (QED) is 0.521. The largest absolute Gasteiger partial charge is 0.503 e. The van der Waals surface area contributed by atoms with Crippen LogP contribution in [0.4, 0.5) is 22.0 Å². The monoisotopic (exact) mass is 519 g/mol. The van der Waals surface area contributed by atoms with Gasteiger partial charge in [-0.05, 0) is 36.6 Å². The lowest BCUT2D eigenvalue weighted by atomic mass is 9.85. The van der Waals surface area contributed by atoms with E-state index in [2.05, 4.69) is 5.32 Å². The van der Waals surface area contributed by atoms with Gasteiger partial charge in [-0.15, -0.1) is 0 Å². The summed E-state index contributed by atoms with van der Waals surface area (Å²) < 4.78 is 70.5. The van der Waals surface area contributed by atoms with Crippen molar-refractivity contribution in [2.45, 2.75) is 25.4 Å². The van der Waals surface area contributed by atoms with Gasteiger partial charge in [-0.3, -0.25) is 14.4 Å². The van der Waals surface area contributed by atoms with E-state index in [1.165, 1.54) is 4.90 Å². The van der Waals surface area contributed by atoms with Crippen molar-refractivity contribution in [2.24, 2.45) is 0 Å². The molecule has 2 bridgehead atoms. The molecule has 0 saturated carbocycles. The maximum Gasteiger partial charge on any atom is 0.274 e. The number of amides is 2. The van der Waals surface area contributed by atoms with Gasteiger partial charge in [0.1, 0.15) is 23.0 Å². The first-order valence-electron chi connectivity index (χ1n) is 11.1. The molecule has 0 aliphatic carbocycles. The molecular formula is C25H18F5N3O4. The summed E-state index contributed by atoms with van der Waals surface area (Å²) in [5, 5.41) is 12.8. The average molecular weight is 519 g/mol. The Balaban J connectivity index is 1.62. The molecular weight excluding hydrogens is 501 g/mol. The first-order valence-corrected chi connectivity index (χ1v) is 11.1. The average Bonchev–Trinajstić information content (AvgIpc) is 2.95. The molecule has 5 rings (SSSR count). The van der Waals surface area contributed by atoms with Gasteiger partial charge < -0.3 is 19.9 Å². The topological polar surface area (TPSA) is 91.6 Å². The summed E-state index contributed by atoms with van der Waals surface area (Å²) in [6.45, 7) is 0.895. The Labute approximate surface area is 205 Å². The van der Waals surface area contributed by atoms with E-state index in [1.54, 1.807) is 6.92 Å². The van der Waals surface area contributed by atoms with E-state index in [-0.39, 0.29) is 25.1 Å². The molecule has 0 saturated heterocycles. The predicted molar refractivity (Wildman–Crippen MR) is 119 cm³/mol. The van der Waals surface area contributed by atoms with Gasteiger partial charge in [-0.25, -0.2) is 22.0 Å². The number of benzene rings is 2. The Hall–Kier alpha value is -4.22. The van der Waals surface area contributed by atoms with Crippen LogP contribution in [0, 0.1) is 29.1 Å². The van der Waals surface area contributed by atoms with Gasteiger partial charge >= 0.3 is 0 Å². The molecule has 12 heteroatoms. The second kappa shape index (κ2) is 8.43. The highest BCUT2D eigenvalue weighted by Gasteiger charge is 2.46. The maximum atomic E-state index is 14.3. The van der Waals surface area contributed by atoms with Gasteiger partial charge in [-0.1, -0.05) is 0 Å². The molecule has 37 heavy (non-hydrogen) atoms. The number of halogens is 5. The fraction of sp³-hybridized carbons (Fsp3) is 0.240. The summed E-state index contributed by atoms with van der Waals surface area (Å²) in [5.41, 5.74) is -3.62. The molecule has 2 aromatic carbocycles. The number of aromatic hydroxyl groups is 1. The summed E-state index contributed by atoms with van der Waals surface area (Å²) in [7, 11) is 0. The molecule has 3 heterocycles. The van der Waals surface area contributed by atoms with Crippen LogP contribution in [0.2, 0.25) is 0 Å². The van der Waals surface area contributed by atoms with Crippen LogP contribution < -0.4 is 10.7 Å². The number of hydrogen-bond donors (Lipinski definition) is 2. The minimum Gasteiger partial charge on any atom is -0.503 e. The summed E-state index contributed by atoms with van der Waals surface area (Å²) in [6, 6.07) is 2.84. The first kappa shape index (κ1) is 24.5. The van der Waals surface area contributed by atoms with E-state index in [1.807, 2.05) is 0 Å². The van der Waals surface area contributed by atoms with E-state index in [9.17, 15) is 41.4 Å². The van der Waals surface area contributed by atoms with Crippen molar-refractivity contribution < 1.29 is 36.6 Å². The van der Waals surface area contributed by atoms with Crippen LogP contribution >= 0.6 is 0 Å². The van der Waals surface area contributed by atoms with Crippen LogP contribution in [0.5, 0.6) is 5.75 Å². The van der Waals surface area contributed by atoms with Crippen molar-refractivity contribution in [3.8, 4) is 5.75 Å². The number of rotatable bonds is 3. The Bertz CT molecular complexity index is 1550. The van der Waals surface area contributed by atoms with Crippen molar-refractivity contribution in [1.29, 1.82) is 0 Å². The van der Waals surface area contributed by atoms with Crippen LogP contribution in [-0.4, -0.2) is 39.5 Å². The van der Waals surface area contributed by atoms with E-state index >= 15 is 0 Å². The third-order valence-electron chi connectivity index (χ3n) is 6.86. The van der Waals surface area contributed by atoms with E-state index in [4.69, 9.17) is 0 Å². The van der Waals surface area contributed by atoms with Crippen molar-refractivity contribution in [2.75, 3.05) is 13.1 Å². The van der Waals surface area contributed by atoms with Gasteiger partial charge in [0.2, 0.25) is 5.43 Å². The highest BCUT2D eigenvalue weighted by atomic mass is 19.2. The molecule has 1 atom stereocenters. The van der Waals surface area contributed by atoms with E-state index in [0.29, 0.717) is 17.7 Å². The predicted octanol–water partition coefficient (Wildman–Crippen LogP) is 2.95. The zero-order chi connectivity index (χ0) is 26.8. The zero-order valence-corrected chi connectivity index (χ0v) is 19.2. The minimum absolute atomic E-state index is 0.0354. The van der Waals surface area contributed by atoms with Gasteiger partial charge in [0.05, 0.1) is 5.54 Å². The third-order valence-corrected chi connectivity index (χ3v) is 6.86. The Morgan fingerprint density at radius 1 is 1.03 bits per heavy atom. The molecule has 1 aromatic heterocycles. The highest BCUT2D eigenvalue weighted by Crippen LogP contribution is 2.40. The van der Waals surface area contributed by atoms with Crippen LogP contribution in [0.1, 0.15) is 44.5 Å². The Kier molecular flexibility index (Phi) is 5.57. The molecule has 2 aliphatic rings. The lowest BCUT2D eigenvalue weighted by Gasteiger charge is -2.42. The molecule has 3 aromatic rings. The number of nitrogens with zero attached hydrogens (tertiary/aromatic N) is 2. The summed E-state index contributed by atoms with van der Waals surface area (Å²) in [4.78, 5) is 40.2. The standard InChI is InChI=1S/C25H18F5N3O4/c1-25-10-32(3-2-11-4-18(29)19(30)7-15(11)25)24(37)20-22(35)21(34)14(9-33(20)25)23(36)31-8-13-16(27)5-12(26)6-17(13)28/h4-7,9,35H,2-3,8,10H2,1H3,(H,31,36)/t25-/m1/s1. The molecule has 0 radical (unpaired) electrons. The number of pyridine rings is 1. The van der Waals surface area contributed by atoms with Crippen LogP contribution in [0.3, 0.4) is 0 Å². The van der Waals surface area contributed by atoms with Crippen LogP contribution in [0.25, 0.3) is 0 Å². The van der Waals surface area contributed by atoms with Gasteiger partial charge in [-0.2, -0.15) is 0 Å². The smallest absolute Gasteiger partial charge is 0.274 e. The number of carbonyl (C=O) groups is 2. The number of carbonyl (C=O) groups excluding carboxylic acids is 2. The van der Waals surface area contributed by atoms with Gasteiger partial charge in [0, 0.05) is 43.5 Å². The van der Waals surface area contributed by atoms with Crippen molar-refractivity contribution in [3.05, 3.63) is 97.7 Å². The highest BCUT2D eigenvalue weighted by molar-refractivity contribution is 5.99. The summed E-state index contributed by atoms with van der Waals surface area (Å²) in [5.74, 6) is -8.80. The number of fused-ring (bicyclic) bond motifs is 6. The SMILES string of the molecule is C[C@@]12CN(CCc3cc(F)c(F)cc31)C(=O)c1c(O)c(=O)c(C(=O)NCc3c(F)cc(F)cc3F)cn12. The first-order chi connectivity index (χ1) is 17.4. The lowest BCUT2D eigenvalue weighted by molar-refractivity contribution is 0.0623. The maximum absolute atomic E-state index is 14.3. The Morgan fingerprint density at radius 2 is 1.68 bits per heavy atom. The second-order valence-corrected chi connectivity index (χ2v) is 9.14. The molecule has 2 N–H and O–H groups in total.